The third-order valence-electron chi connectivity index (χ3n) is 1.74. The molecule has 0 aliphatic heterocycles. The van der Waals surface area contributed by atoms with Crippen LogP contribution in [0.5, 0.6) is 0 Å². The summed E-state index contributed by atoms with van der Waals surface area (Å²) in [6.45, 7) is 4.98. The van der Waals surface area contributed by atoms with Crippen molar-refractivity contribution in [1.29, 1.82) is 0 Å². The summed E-state index contributed by atoms with van der Waals surface area (Å²) < 4.78 is 4.75. The van der Waals surface area contributed by atoms with Gasteiger partial charge in [0.1, 0.15) is 0 Å². The molecule has 78 valence electrons. The number of benzene rings is 1. The standard InChI is InChI=1S/C10H12BNO3/c1-8(2)10(13)12-15-11(14)9-6-4-3-5-7-9/h3-7,14H,1H2,2H3,(H,12,13). The second kappa shape index (κ2) is 5.33. The largest absolute Gasteiger partial charge is 0.514 e. The molecule has 2 N–H and O–H groups in total. The maximum absolute atomic E-state index is 11.0. The number of hydrogen-bond acceptors (Lipinski definition) is 3. The fraction of sp³-hybridized carbons (Fsp3) is 0.100. The Morgan fingerprint density at radius 3 is 2.60 bits per heavy atom. The van der Waals surface area contributed by atoms with Crippen molar-refractivity contribution in [3.8, 4) is 0 Å². The molecule has 0 unspecified atom stereocenters. The van der Waals surface area contributed by atoms with E-state index in [1.807, 2.05) is 6.07 Å². The summed E-state index contributed by atoms with van der Waals surface area (Å²) in [6.07, 6.45) is 0. The Morgan fingerprint density at radius 1 is 1.47 bits per heavy atom. The van der Waals surface area contributed by atoms with Gasteiger partial charge in [-0.2, -0.15) is 0 Å². The molecule has 1 rings (SSSR count). The van der Waals surface area contributed by atoms with Gasteiger partial charge in [0.15, 0.2) is 0 Å². The molecule has 0 bridgehead atoms. The van der Waals surface area contributed by atoms with E-state index < -0.39 is 13.0 Å². The molecule has 0 aliphatic rings. The van der Waals surface area contributed by atoms with E-state index in [0.717, 1.165) is 0 Å². The highest BCUT2D eigenvalue weighted by atomic mass is 16.7. The summed E-state index contributed by atoms with van der Waals surface area (Å²) in [5.74, 6) is -0.454. The molecule has 0 atom stereocenters. The van der Waals surface area contributed by atoms with Crippen molar-refractivity contribution in [3.05, 3.63) is 42.5 Å². The van der Waals surface area contributed by atoms with E-state index in [1.165, 1.54) is 0 Å². The van der Waals surface area contributed by atoms with Crippen LogP contribution in [0.15, 0.2) is 42.5 Å². The Labute approximate surface area is 88.7 Å². The smallest absolute Gasteiger partial charge is 0.422 e. The Kier molecular flexibility index (Phi) is 4.09. The summed E-state index contributed by atoms with van der Waals surface area (Å²) in [5.41, 5.74) is 2.98. The molecule has 0 fully saturated rings. The van der Waals surface area contributed by atoms with Gasteiger partial charge >= 0.3 is 7.12 Å². The fourth-order valence-electron chi connectivity index (χ4n) is 0.882. The molecule has 1 aromatic carbocycles. The summed E-state index contributed by atoms with van der Waals surface area (Å²) in [5, 5.41) is 9.48. The first-order chi connectivity index (χ1) is 7.11. The Bertz CT molecular complexity index is 353. The SMILES string of the molecule is C=C(C)C(=O)NOB(O)c1ccccc1. The molecule has 1 amide bonds. The van der Waals surface area contributed by atoms with Gasteiger partial charge in [-0.15, -0.1) is 0 Å². The molecule has 0 saturated heterocycles. The average Bonchev–Trinajstić information content (AvgIpc) is 2.26. The topological polar surface area (TPSA) is 58.6 Å². The lowest BCUT2D eigenvalue weighted by atomic mass is 9.80. The van der Waals surface area contributed by atoms with Crippen molar-refractivity contribution in [2.24, 2.45) is 0 Å². The molecule has 5 heteroatoms. The highest BCUT2D eigenvalue weighted by Gasteiger charge is 2.17. The van der Waals surface area contributed by atoms with Gasteiger partial charge in [0.2, 0.25) is 0 Å². The number of rotatable bonds is 4. The number of amides is 1. The number of nitrogens with one attached hydrogen (secondary N) is 1. The second-order valence-corrected chi connectivity index (χ2v) is 3.09. The molecule has 15 heavy (non-hydrogen) atoms. The zero-order valence-electron chi connectivity index (χ0n) is 8.43. The quantitative estimate of drug-likeness (QED) is 0.413. The maximum Gasteiger partial charge on any atom is 0.514 e. The van der Waals surface area contributed by atoms with Crippen molar-refractivity contribution >= 4 is 18.5 Å². The molecule has 0 radical (unpaired) electrons. The summed E-state index contributed by atoms with van der Waals surface area (Å²) in [7, 11) is -1.17. The Morgan fingerprint density at radius 2 is 2.07 bits per heavy atom. The van der Waals surface area contributed by atoms with Crippen LogP contribution < -0.4 is 10.9 Å². The lowest BCUT2D eigenvalue weighted by Crippen LogP contribution is -2.40. The van der Waals surface area contributed by atoms with Crippen LogP contribution in [0.25, 0.3) is 0 Å². The summed E-state index contributed by atoms with van der Waals surface area (Å²) in [4.78, 5) is 11.0. The Hall–Kier alpha value is -1.59. The molecular weight excluding hydrogens is 193 g/mol. The number of hydroxylamine groups is 1. The first-order valence-corrected chi connectivity index (χ1v) is 4.46. The molecule has 0 saturated carbocycles. The lowest BCUT2D eigenvalue weighted by molar-refractivity contribution is -0.124. The molecular formula is C10H12BNO3. The first-order valence-electron chi connectivity index (χ1n) is 4.46. The average molecular weight is 205 g/mol. The van der Waals surface area contributed by atoms with E-state index in [4.69, 9.17) is 4.76 Å². The minimum Gasteiger partial charge on any atom is -0.422 e. The predicted molar refractivity (Wildman–Crippen MR) is 58.1 cm³/mol. The maximum atomic E-state index is 11.0. The van der Waals surface area contributed by atoms with Crippen molar-refractivity contribution in [3.63, 3.8) is 0 Å². The summed E-state index contributed by atoms with van der Waals surface area (Å²) >= 11 is 0. The zero-order chi connectivity index (χ0) is 11.3. The van der Waals surface area contributed by atoms with Crippen molar-refractivity contribution in [2.75, 3.05) is 0 Å². The first kappa shape index (κ1) is 11.5. The third-order valence-corrected chi connectivity index (χ3v) is 1.74. The normalized spacial score (nSPS) is 9.47. The Balaban J connectivity index is 2.47. The van der Waals surface area contributed by atoms with Crippen LogP contribution in [0.2, 0.25) is 0 Å². The molecule has 0 aliphatic carbocycles. The molecule has 0 aromatic heterocycles. The van der Waals surface area contributed by atoms with Gasteiger partial charge in [0.05, 0.1) is 0 Å². The van der Waals surface area contributed by atoms with E-state index in [0.29, 0.717) is 11.0 Å². The molecule has 1 aromatic rings. The molecule has 0 heterocycles. The van der Waals surface area contributed by atoms with E-state index in [1.54, 1.807) is 31.2 Å². The van der Waals surface area contributed by atoms with Crippen LogP contribution in [-0.4, -0.2) is 18.0 Å². The zero-order valence-corrected chi connectivity index (χ0v) is 8.43. The van der Waals surface area contributed by atoms with Crippen LogP contribution in [0.4, 0.5) is 0 Å². The van der Waals surface area contributed by atoms with E-state index in [9.17, 15) is 9.82 Å². The third kappa shape index (κ3) is 3.57. The molecule has 4 nitrogen and oxygen atoms in total. The van der Waals surface area contributed by atoms with Gasteiger partial charge in [-0.05, 0) is 12.4 Å². The van der Waals surface area contributed by atoms with Crippen molar-refractivity contribution < 1.29 is 14.6 Å². The van der Waals surface area contributed by atoms with Gasteiger partial charge in [-0.1, -0.05) is 36.9 Å². The highest BCUT2D eigenvalue weighted by molar-refractivity contribution is 6.59. The lowest BCUT2D eigenvalue weighted by Gasteiger charge is -2.08. The van der Waals surface area contributed by atoms with Crippen LogP contribution in [0, 0.1) is 0 Å². The van der Waals surface area contributed by atoms with Crippen molar-refractivity contribution in [1.82, 2.24) is 5.48 Å². The van der Waals surface area contributed by atoms with Crippen molar-refractivity contribution in [2.45, 2.75) is 6.92 Å². The molecule has 0 spiro atoms. The minimum atomic E-state index is -1.17. The van der Waals surface area contributed by atoms with Crippen LogP contribution in [0.1, 0.15) is 6.92 Å². The highest BCUT2D eigenvalue weighted by Crippen LogP contribution is 1.89. The van der Waals surface area contributed by atoms with Gasteiger partial charge in [0.25, 0.3) is 5.91 Å². The van der Waals surface area contributed by atoms with Crippen LogP contribution in [0.3, 0.4) is 0 Å². The van der Waals surface area contributed by atoms with Gasteiger partial charge in [-0.25, -0.2) is 5.48 Å². The predicted octanol–water partition coefficient (Wildman–Crippen LogP) is -0.00200. The van der Waals surface area contributed by atoms with Gasteiger partial charge in [-0.3, -0.25) is 9.55 Å². The van der Waals surface area contributed by atoms with Crippen LogP contribution in [-0.2, 0) is 9.55 Å². The number of carbonyl (C=O) groups is 1. The van der Waals surface area contributed by atoms with E-state index >= 15 is 0 Å². The second-order valence-electron chi connectivity index (χ2n) is 3.09. The van der Waals surface area contributed by atoms with E-state index in [-0.39, 0.29) is 0 Å². The number of carbonyl (C=O) groups excluding carboxylic acids is 1. The van der Waals surface area contributed by atoms with Gasteiger partial charge < -0.3 is 5.02 Å². The minimum absolute atomic E-state index is 0.315. The monoisotopic (exact) mass is 205 g/mol. The van der Waals surface area contributed by atoms with Crippen LogP contribution >= 0.6 is 0 Å². The van der Waals surface area contributed by atoms with Gasteiger partial charge in [0, 0.05) is 5.57 Å². The summed E-state index contributed by atoms with van der Waals surface area (Å²) in [6, 6.07) is 8.74. The number of hydrogen-bond donors (Lipinski definition) is 2. The fourth-order valence-corrected chi connectivity index (χ4v) is 0.882. The van der Waals surface area contributed by atoms with E-state index in [2.05, 4.69) is 12.1 Å².